The maximum atomic E-state index is 10.9. The van der Waals surface area contributed by atoms with Gasteiger partial charge in [-0.25, -0.2) is 0 Å². The maximum absolute atomic E-state index is 10.9. The lowest BCUT2D eigenvalue weighted by Crippen LogP contribution is -2.44. The van der Waals surface area contributed by atoms with Crippen molar-refractivity contribution < 1.29 is 4.79 Å². The fourth-order valence-corrected chi connectivity index (χ4v) is 1.88. The molecular weight excluding hydrogens is 220 g/mol. The molecule has 0 radical (unpaired) electrons. The van der Waals surface area contributed by atoms with Gasteiger partial charge in [0.15, 0.2) is 0 Å². The molecule has 0 heterocycles. The Bertz CT molecular complexity index is 207. The third-order valence-electron chi connectivity index (χ3n) is 2.76. The van der Waals surface area contributed by atoms with Gasteiger partial charge in [0.25, 0.3) is 0 Å². The Morgan fingerprint density at radius 2 is 1.75 bits per heavy atom. The Hall–Kier alpha value is -0.480. The third kappa shape index (κ3) is 6.18. The molecule has 0 rings (SSSR count). The highest BCUT2D eigenvalue weighted by atomic mass is 32.1. The molecule has 0 saturated heterocycles. The maximum Gasteiger partial charge on any atom is 0.144 e. The second-order valence-corrected chi connectivity index (χ2v) is 4.84. The lowest BCUT2D eigenvalue weighted by atomic mass is 10.1. The summed E-state index contributed by atoms with van der Waals surface area (Å²) in [4.78, 5) is 12.8. The van der Waals surface area contributed by atoms with Gasteiger partial charge in [0.05, 0.1) is 11.0 Å². The first-order chi connectivity index (χ1) is 7.58. The standard InChI is InChI=1S/C12H24N2OS/c1-12(2,10-15)14(11-16)9-7-5-3-4-6-8-13/h10-11H,3-9,13H2,1-2H3. The highest BCUT2D eigenvalue weighted by molar-refractivity contribution is 7.78. The normalized spacial score (nSPS) is 11.2. The lowest BCUT2D eigenvalue weighted by Gasteiger charge is -2.32. The number of carbonyl (C=O) groups excluding carboxylic acids is 1. The molecule has 2 N–H and O–H groups in total. The summed E-state index contributed by atoms with van der Waals surface area (Å²) >= 11 is 4.93. The van der Waals surface area contributed by atoms with Crippen molar-refractivity contribution in [3.8, 4) is 0 Å². The molecule has 16 heavy (non-hydrogen) atoms. The Kier molecular flexibility index (Phi) is 8.39. The second kappa shape index (κ2) is 8.65. The number of carbonyl (C=O) groups is 1. The van der Waals surface area contributed by atoms with Gasteiger partial charge in [-0.3, -0.25) is 0 Å². The number of nitrogens with zero attached hydrogens (tertiary/aromatic N) is 1. The Morgan fingerprint density at radius 1 is 1.19 bits per heavy atom. The molecule has 0 aromatic heterocycles. The van der Waals surface area contributed by atoms with Gasteiger partial charge >= 0.3 is 0 Å². The number of unbranched alkanes of at least 4 members (excludes halogenated alkanes) is 4. The van der Waals surface area contributed by atoms with Crippen molar-refractivity contribution in [2.24, 2.45) is 5.73 Å². The summed E-state index contributed by atoms with van der Waals surface area (Å²) in [5, 5.41) is 0. The Labute approximate surface area is 104 Å². The molecule has 0 atom stereocenters. The summed E-state index contributed by atoms with van der Waals surface area (Å²) in [6.45, 7) is 5.41. The van der Waals surface area contributed by atoms with E-state index in [9.17, 15) is 4.79 Å². The van der Waals surface area contributed by atoms with E-state index < -0.39 is 5.54 Å². The molecule has 0 bridgehead atoms. The van der Waals surface area contributed by atoms with Crippen LogP contribution in [-0.4, -0.2) is 35.3 Å². The van der Waals surface area contributed by atoms with E-state index in [0.29, 0.717) is 0 Å². The van der Waals surface area contributed by atoms with E-state index in [4.69, 9.17) is 18.0 Å². The molecule has 0 saturated carbocycles. The number of aldehydes is 1. The smallest absolute Gasteiger partial charge is 0.144 e. The van der Waals surface area contributed by atoms with E-state index in [1.807, 2.05) is 18.7 Å². The van der Waals surface area contributed by atoms with Crippen molar-refractivity contribution in [2.75, 3.05) is 13.1 Å². The summed E-state index contributed by atoms with van der Waals surface area (Å²) in [7, 11) is 0. The van der Waals surface area contributed by atoms with E-state index in [2.05, 4.69) is 0 Å². The molecule has 0 unspecified atom stereocenters. The average Bonchev–Trinajstić information content (AvgIpc) is 2.28. The predicted molar refractivity (Wildman–Crippen MR) is 72.6 cm³/mol. The predicted octanol–water partition coefficient (Wildman–Crippen LogP) is 2.13. The molecule has 3 nitrogen and oxygen atoms in total. The van der Waals surface area contributed by atoms with E-state index in [-0.39, 0.29) is 0 Å². The molecule has 0 aliphatic heterocycles. The summed E-state index contributed by atoms with van der Waals surface area (Å²) in [6.07, 6.45) is 6.72. The first kappa shape index (κ1) is 15.5. The van der Waals surface area contributed by atoms with Crippen molar-refractivity contribution >= 4 is 24.0 Å². The van der Waals surface area contributed by atoms with E-state index in [1.165, 1.54) is 19.3 Å². The molecule has 0 aliphatic carbocycles. The zero-order chi connectivity index (χ0) is 12.4. The minimum atomic E-state index is -0.473. The highest BCUT2D eigenvalue weighted by Gasteiger charge is 2.22. The van der Waals surface area contributed by atoms with E-state index in [1.54, 1.807) is 5.49 Å². The minimum absolute atomic E-state index is 0.473. The van der Waals surface area contributed by atoms with Crippen LogP contribution in [0.5, 0.6) is 0 Å². The van der Waals surface area contributed by atoms with Crippen molar-refractivity contribution in [1.29, 1.82) is 0 Å². The zero-order valence-electron chi connectivity index (χ0n) is 10.4. The molecular formula is C12H24N2OS. The van der Waals surface area contributed by atoms with Crippen LogP contribution in [0.15, 0.2) is 0 Å². The van der Waals surface area contributed by atoms with Crippen LogP contribution in [-0.2, 0) is 4.79 Å². The van der Waals surface area contributed by atoms with Gasteiger partial charge in [0, 0.05) is 6.54 Å². The van der Waals surface area contributed by atoms with Gasteiger partial charge in [0.2, 0.25) is 0 Å². The Balaban J connectivity index is 3.72. The van der Waals surface area contributed by atoms with Crippen molar-refractivity contribution in [1.82, 2.24) is 4.90 Å². The summed E-state index contributed by atoms with van der Waals surface area (Å²) < 4.78 is 0. The molecule has 0 aromatic carbocycles. The van der Waals surface area contributed by atoms with Gasteiger partial charge in [-0.15, -0.1) is 0 Å². The van der Waals surface area contributed by atoms with Crippen molar-refractivity contribution in [2.45, 2.75) is 51.5 Å². The van der Waals surface area contributed by atoms with Crippen molar-refractivity contribution in [3.63, 3.8) is 0 Å². The van der Waals surface area contributed by atoms with Crippen LogP contribution in [0.3, 0.4) is 0 Å². The number of thiocarbonyl (C=S) groups is 1. The van der Waals surface area contributed by atoms with Gasteiger partial charge in [-0.1, -0.05) is 31.5 Å². The molecule has 0 aromatic rings. The van der Waals surface area contributed by atoms with Crippen LogP contribution in [0, 0.1) is 0 Å². The number of hydrogen-bond donors (Lipinski definition) is 1. The monoisotopic (exact) mass is 244 g/mol. The summed E-state index contributed by atoms with van der Waals surface area (Å²) in [6, 6.07) is 0. The first-order valence-corrected chi connectivity index (χ1v) is 6.44. The topological polar surface area (TPSA) is 46.3 Å². The van der Waals surface area contributed by atoms with Crippen molar-refractivity contribution in [3.05, 3.63) is 0 Å². The summed E-state index contributed by atoms with van der Waals surface area (Å²) in [5.74, 6) is 0. The van der Waals surface area contributed by atoms with E-state index in [0.717, 1.165) is 32.2 Å². The van der Waals surface area contributed by atoms with Crippen LogP contribution >= 0.6 is 12.2 Å². The van der Waals surface area contributed by atoms with Crippen LogP contribution in [0.2, 0.25) is 0 Å². The summed E-state index contributed by atoms with van der Waals surface area (Å²) in [5.41, 5.74) is 6.54. The highest BCUT2D eigenvalue weighted by Crippen LogP contribution is 2.12. The van der Waals surface area contributed by atoms with Gasteiger partial charge in [-0.05, 0) is 33.2 Å². The Morgan fingerprint density at radius 3 is 2.25 bits per heavy atom. The minimum Gasteiger partial charge on any atom is -0.357 e. The number of hydrogen-bond acceptors (Lipinski definition) is 3. The van der Waals surface area contributed by atoms with Gasteiger partial charge < -0.3 is 15.4 Å². The first-order valence-electron chi connectivity index (χ1n) is 5.97. The molecule has 0 fully saturated rings. The fraction of sp³-hybridized carbons (Fsp3) is 0.833. The lowest BCUT2D eigenvalue weighted by molar-refractivity contribution is -0.114. The van der Waals surface area contributed by atoms with Crippen LogP contribution < -0.4 is 5.73 Å². The fourth-order valence-electron chi connectivity index (χ4n) is 1.50. The quantitative estimate of drug-likeness (QED) is 0.363. The molecule has 0 spiro atoms. The van der Waals surface area contributed by atoms with Gasteiger partial charge in [-0.2, -0.15) is 0 Å². The number of rotatable bonds is 10. The molecule has 94 valence electrons. The second-order valence-electron chi connectivity index (χ2n) is 4.63. The zero-order valence-corrected chi connectivity index (χ0v) is 11.3. The molecule has 0 aliphatic rings. The third-order valence-corrected chi connectivity index (χ3v) is 3.01. The largest absolute Gasteiger partial charge is 0.357 e. The molecule has 4 heteroatoms. The van der Waals surface area contributed by atoms with Crippen LogP contribution in [0.4, 0.5) is 0 Å². The number of nitrogens with two attached hydrogens (primary N) is 1. The SMILES string of the molecule is CC(C)(C=O)N(C=S)CCCCCCCN. The van der Waals surface area contributed by atoms with Crippen LogP contribution in [0.1, 0.15) is 46.0 Å². The molecule has 0 amide bonds. The van der Waals surface area contributed by atoms with Crippen LogP contribution in [0.25, 0.3) is 0 Å². The average molecular weight is 244 g/mol. The van der Waals surface area contributed by atoms with E-state index >= 15 is 0 Å². The van der Waals surface area contributed by atoms with Gasteiger partial charge in [0.1, 0.15) is 6.29 Å².